The number of benzene rings is 1. The maximum absolute atomic E-state index is 12.1. The highest BCUT2D eigenvalue weighted by atomic mass is 16.5. The minimum atomic E-state index is -0.134. The molecule has 1 saturated heterocycles. The van der Waals surface area contributed by atoms with Crippen LogP contribution in [0, 0.1) is 0 Å². The summed E-state index contributed by atoms with van der Waals surface area (Å²) in [6, 6.07) is 7.30. The zero-order valence-corrected chi connectivity index (χ0v) is 14.6. The molecule has 1 heterocycles. The number of quaternary nitrogens is 1. The Morgan fingerprint density at radius 3 is 2.46 bits per heavy atom. The predicted molar refractivity (Wildman–Crippen MR) is 93.3 cm³/mol. The molecule has 0 aliphatic carbocycles. The molecule has 0 radical (unpaired) electrons. The van der Waals surface area contributed by atoms with Crippen LogP contribution in [0.3, 0.4) is 0 Å². The van der Waals surface area contributed by atoms with Gasteiger partial charge in [0.05, 0.1) is 39.8 Å². The van der Waals surface area contributed by atoms with Gasteiger partial charge in [0, 0.05) is 18.5 Å². The number of piperazine rings is 1. The number of carbonyl (C=O) groups is 2. The number of amides is 2. The number of carbonyl (C=O) groups excluding carboxylic acids is 2. The molecule has 6 nitrogen and oxygen atoms in total. The van der Waals surface area contributed by atoms with Gasteiger partial charge >= 0.3 is 0 Å². The third-order valence-corrected chi connectivity index (χ3v) is 4.15. The molecule has 0 aromatic heterocycles. The SMILES string of the molecule is CCCOc1ccc(NC(=O)CCC(=O)N2CC[NH+](C)CC2)cc1. The van der Waals surface area contributed by atoms with Gasteiger partial charge in [0.1, 0.15) is 5.75 Å². The Morgan fingerprint density at radius 2 is 1.83 bits per heavy atom. The van der Waals surface area contributed by atoms with E-state index in [9.17, 15) is 9.59 Å². The molecule has 2 amide bonds. The zero-order chi connectivity index (χ0) is 17.4. The van der Waals surface area contributed by atoms with Gasteiger partial charge in [-0.15, -0.1) is 0 Å². The molecule has 1 aromatic carbocycles. The first-order valence-electron chi connectivity index (χ1n) is 8.70. The number of likely N-dealkylation sites (N-methyl/N-ethyl adjacent to an activating group) is 1. The van der Waals surface area contributed by atoms with Crippen molar-refractivity contribution in [2.24, 2.45) is 0 Å². The second-order valence-corrected chi connectivity index (χ2v) is 6.26. The van der Waals surface area contributed by atoms with E-state index in [1.165, 1.54) is 4.90 Å². The Balaban J connectivity index is 1.71. The fourth-order valence-corrected chi connectivity index (χ4v) is 2.59. The summed E-state index contributed by atoms with van der Waals surface area (Å²) >= 11 is 0. The normalized spacial score (nSPS) is 15.2. The van der Waals surface area contributed by atoms with Crippen LogP contribution in [-0.2, 0) is 9.59 Å². The van der Waals surface area contributed by atoms with Crippen LogP contribution in [0.4, 0.5) is 5.69 Å². The number of anilines is 1. The summed E-state index contributed by atoms with van der Waals surface area (Å²) < 4.78 is 5.50. The minimum Gasteiger partial charge on any atom is -0.494 e. The van der Waals surface area contributed by atoms with E-state index in [0.29, 0.717) is 6.61 Å². The van der Waals surface area contributed by atoms with Crippen LogP contribution < -0.4 is 15.0 Å². The van der Waals surface area contributed by atoms with Gasteiger partial charge in [-0.2, -0.15) is 0 Å². The average molecular weight is 334 g/mol. The molecule has 2 rings (SSSR count). The van der Waals surface area contributed by atoms with Gasteiger partial charge in [-0.25, -0.2) is 0 Å². The average Bonchev–Trinajstić information content (AvgIpc) is 2.59. The number of nitrogens with one attached hydrogen (secondary N) is 2. The van der Waals surface area contributed by atoms with Crippen LogP contribution in [0.5, 0.6) is 5.75 Å². The lowest BCUT2D eigenvalue weighted by molar-refractivity contribution is -0.883. The molecule has 24 heavy (non-hydrogen) atoms. The van der Waals surface area contributed by atoms with Crippen molar-refractivity contribution < 1.29 is 19.2 Å². The summed E-state index contributed by atoms with van der Waals surface area (Å²) in [5, 5.41) is 2.82. The molecule has 1 aromatic rings. The molecule has 2 N–H and O–H groups in total. The fraction of sp³-hybridized carbons (Fsp3) is 0.556. The summed E-state index contributed by atoms with van der Waals surface area (Å²) in [6.07, 6.45) is 1.44. The third-order valence-electron chi connectivity index (χ3n) is 4.15. The van der Waals surface area contributed by atoms with Crippen molar-refractivity contribution in [1.82, 2.24) is 4.90 Å². The second kappa shape index (κ2) is 9.27. The predicted octanol–water partition coefficient (Wildman–Crippen LogP) is 0.551. The van der Waals surface area contributed by atoms with Gasteiger partial charge in [0.2, 0.25) is 11.8 Å². The molecule has 0 saturated carbocycles. The second-order valence-electron chi connectivity index (χ2n) is 6.26. The van der Waals surface area contributed by atoms with E-state index in [0.717, 1.165) is 44.0 Å². The molecule has 0 unspecified atom stereocenters. The highest BCUT2D eigenvalue weighted by Gasteiger charge is 2.21. The molecule has 1 aliphatic heterocycles. The first-order chi connectivity index (χ1) is 11.6. The summed E-state index contributed by atoms with van der Waals surface area (Å²) in [5.41, 5.74) is 0.722. The van der Waals surface area contributed by atoms with Crippen LogP contribution in [-0.4, -0.2) is 56.5 Å². The van der Waals surface area contributed by atoms with Crippen molar-refractivity contribution in [3.05, 3.63) is 24.3 Å². The summed E-state index contributed by atoms with van der Waals surface area (Å²) in [5.74, 6) is 0.730. The van der Waals surface area contributed by atoms with Gasteiger partial charge in [0.15, 0.2) is 0 Å². The Kier molecular flexibility index (Phi) is 7.06. The quantitative estimate of drug-likeness (QED) is 0.765. The van der Waals surface area contributed by atoms with Crippen molar-refractivity contribution >= 4 is 17.5 Å². The van der Waals surface area contributed by atoms with Crippen LogP contribution in [0.2, 0.25) is 0 Å². The number of ether oxygens (including phenoxy) is 1. The number of hydrogen-bond acceptors (Lipinski definition) is 3. The van der Waals surface area contributed by atoms with Crippen LogP contribution in [0.15, 0.2) is 24.3 Å². The number of hydrogen-bond donors (Lipinski definition) is 2. The summed E-state index contributed by atoms with van der Waals surface area (Å²) in [6.45, 7) is 6.26. The molecular formula is C18H28N3O3+. The van der Waals surface area contributed by atoms with Gasteiger partial charge in [-0.1, -0.05) is 6.92 Å². The van der Waals surface area contributed by atoms with E-state index < -0.39 is 0 Å². The van der Waals surface area contributed by atoms with Gasteiger partial charge in [0.25, 0.3) is 0 Å². The van der Waals surface area contributed by atoms with Crippen molar-refractivity contribution in [2.75, 3.05) is 45.2 Å². The third kappa shape index (κ3) is 5.85. The first kappa shape index (κ1) is 18.3. The molecule has 6 heteroatoms. The smallest absolute Gasteiger partial charge is 0.224 e. The van der Waals surface area contributed by atoms with Crippen molar-refractivity contribution in [2.45, 2.75) is 26.2 Å². The van der Waals surface area contributed by atoms with Crippen LogP contribution >= 0.6 is 0 Å². The lowest BCUT2D eigenvalue weighted by Gasteiger charge is -2.30. The van der Waals surface area contributed by atoms with Gasteiger partial charge in [-0.05, 0) is 30.7 Å². The Labute approximate surface area is 143 Å². The molecule has 1 aliphatic rings. The van der Waals surface area contributed by atoms with E-state index in [4.69, 9.17) is 4.74 Å². The van der Waals surface area contributed by atoms with Gasteiger partial charge in [-0.3, -0.25) is 9.59 Å². The minimum absolute atomic E-state index is 0.0703. The Bertz CT molecular complexity index is 537. The lowest BCUT2D eigenvalue weighted by atomic mass is 10.2. The topological polar surface area (TPSA) is 63.1 Å². The van der Waals surface area contributed by atoms with E-state index in [-0.39, 0.29) is 24.7 Å². The van der Waals surface area contributed by atoms with Crippen molar-refractivity contribution in [1.29, 1.82) is 0 Å². The Hall–Kier alpha value is -2.08. The molecule has 132 valence electrons. The maximum Gasteiger partial charge on any atom is 0.224 e. The van der Waals surface area contributed by atoms with E-state index in [2.05, 4.69) is 19.3 Å². The number of nitrogens with zero attached hydrogens (tertiary/aromatic N) is 1. The molecule has 1 fully saturated rings. The Morgan fingerprint density at radius 1 is 1.17 bits per heavy atom. The highest BCUT2D eigenvalue weighted by molar-refractivity contribution is 5.93. The number of rotatable bonds is 7. The zero-order valence-electron chi connectivity index (χ0n) is 14.6. The van der Waals surface area contributed by atoms with E-state index >= 15 is 0 Å². The van der Waals surface area contributed by atoms with Gasteiger partial charge < -0.3 is 19.9 Å². The first-order valence-corrected chi connectivity index (χ1v) is 8.70. The monoisotopic (exact) mass is 334 g/mol. The molecule has 0 atom stereocenters. The largest absolute Gasteiger partial charge is 0.494 e. The molecule has 0 bridgehead atoms. The van der Waals surface area contributed by atoms with Crippen LogP contribution in [0.1, 0.15) is 26.2 Å². The maximum atomic E-state index is 12.1. The lowest BCUT2D eigenvalue weighted by Crippen LogP contribution is -3.12. The molecular weight excluding hydrogens is 306 g/mol. The summed E-state index contributed by atoms with van der Waals surface area (Å²) in [7, 11) is 2.13. The highest BCUT2D eigenvalue weighted by Crippen LogP contribution is 2.16. The summed E-state index contributed by atoms with van der Waals surface area (Å²) in [4.78, 5) is 27.4. The van der Waals surface area contributed by atoms with Crippen LogP contribution in [0.25, 0.3) is 0 Å². The fourth-order valence-electron chi connectivity index (χ4n) is 2.59. The standard InChI is InChI=1S/C18H27N3O3/c1-3-14-24-16-6-4-15(5-7-16)19-17(22)8-9-18(23)21-12-10-20(2)11-13-21/h4-7H,3,8-14H2,1-2H3,(H,19,22)/p+1. The van der Waals surface area contributed by atoms with E-state index in [1.807, 2.05) is 29.2 Å². The van der Waals surface area contributed by atoms with Crippen molar-refractivity contribution in [3.63, 3.8) is 0 Å². The molecule has 0 spiro atoms. The van der Waals surface area contributed by atoms with Crippen molar-refractivity contribution in [3.8, 4) is 5.75 Å². The van der Waals surface area contributed by atoms with E-state index in [1.54, 1.807) is 0 Å².